The van der Waals surface area contributed by atoms with Crippen LogP contribution < -0.4 is 5.32 Å². The zero-order chi connectivity index (χ0) is 9.15. The van der Waals surface area contributed by atoms with Crippen LogP contribution in [0.4, 0.5) is 0 Å². The smallest absolute Gasteiger partial charge is 0.138 e. The van der Waals surface area contributed by atoms with E-state index in [9.17, 15) is 0 Å². The van der Waals surface area contributed by atoms with Gasteiger partial charge in [0.25, 0.3) is 0 Å². The maximum Gasteiger partial charge on any atom is 0.138 e. The number of hydrogen-bond donors (Lipinski definition) is 1. The molecule has 13 heavy (non-hydrogen) atoms. The summed E-state index contributed by atoms with van der Waals surface area (Å²) in [6.07, 6.45) is 1.59. The summed E-state index contributed by atoms with van der Waals surface area (Å²) in [6.45, 7) is 5.33. The summed E-state index contributed by atoms with van der Waals surface area (Å²) in [5.41, 5.74) is 0.0218. The van der Waals surface area contributed by atoms with Gasteiger partial charge in [-0.3, -0.25) is 0 Å². The fraction of sp³-hybridized carbons (Fsp3) is 0.857. The number of tetrazole rings is 1. The molecule has 1 aliphatic rings. The Hall–Kier alpha value is -1.01. The molecule has 72 valence electrons. The van der Waals surface area contributed by atoms with E-state index >= 15 is 0 Å². The van der Waals surface area contributed by atoms with Crippen LogP contribution in [-0.4, -0.2) is 45.5 Å². The Bertz CT molecular complexity index is 256. The first-order valence-electron chi connectivity index (χ1n) is 4.34. The van der Waals surface area contributed by atoms with Gasteiger partial charge in [0.15, 0.2) is 0 Å². The fourth-order valence-corrected chi connectivity index (χ4v) is 1.25. The maximum atomic E-state index is 5.66. The van der Waals surface area contributed by atoms with Crippen LogP contribution in [0.15, 0.2) is 6.33 Å². The predicted octanol–water partition coefficient (Wildman–Crippen LogP) is -0.948. The minimum atomic E-state index is 0.0218. The highest BCUT2D eigenvalue weighted by Gasteiger charge is 2.32. The molecule has 0 amide bonds. The first-order valence-corrected chi connectivity index (χ1v) is 4.34. The van der Waals surface area contributed by atoms with Gasteiger partial charge in [-0.05, 0) is 17.4 Å². The fourth-order valence-electron chi connectivity index (χ4n) is 1.25. The third-order valence-corrected chi connectivity index (χ3v) is 2.16. The molecule has 0 saturated carbocycles. The van der Waals surface area contributed by atoms with E-state index in [1.807, 2.05) is 0 Å². The monoisotopic (exact) mass is 183 g/mol. The van der Waals surface area contributed by atoms with E-state index in [1.165, 1.54) is 0 Å². The zero-order valence-corrected chi connectivity index (χ0v) is 7.60. The number of nitrogens with one attached hydrogen (secondary N) is 1. The average molecular weight is 183 g/mol. The molecule has 1 saturated heterocycles. The summed E-state index contributed by atoms with van der Waals surface area (Å²) >= 11 is 0. The van der Waals surface area contributed by atoms with Crippen molar-refractivity contribution in [3.05, 3.63) is 6.33 Å². The van der Waals surface area contributed by atoms with Gasteiger partial charge in [-0.15, -0.1) is 5.10 Å². The van der Waals surface area contributed by atoms with Crippen LogP contribution in [0.1, 0.15) is 6.92 Å². The summed E-state index contributed by atoms with van der Waals surface area (Å²) in [7, 11) is 0. The molecule has 1 aliphatic heterocycles. The van der Waals surface area contributed by atoms with Gasteiger partial charge >= 0.3 is 0 Å². The lowest BCUT2D eigenvalue weighted by molar-refractivity contribution is -0.0699. The predicted molar refractivity (Wildman–Crippen MR) is 45.0 cm³/mol. The van der Waals surface area contributed by atoms with Gasteiger partial charge in [-0.25, -0.2) is 4.68 Å². The minimum Gasteiger partial charge on any atom is -0.371 e. The minimum absolute atomic E-state index is 0.0218. The van der Waals surface area contributed by atoms with E-state index in [0.29, 0.717) is 13.2 Å². The first kappa shape index (κ1) is 8.58. The highest BCUT2D eigenvalue weighted by atomic mass is 16.5. The SMILES string of the molecule is CC1(OCCn2cnnn2)CNC1. The Morgan fingerprint density at radius 2 is 2.46 bits per heavy atom. The van der Waals surface area contributed by atoms with E-state index < -0.39 is 0 Å². The van der Waals surface area contributed by atoms with Crippen LogP contribution in [0.2, 0.25) is 0 Å². The second-order valence-corrected chi connectivity index (χ2v) is 3.47. The number of rotatable bonds is 4. The Kier molecular flexibility index (Phi) is 2.24. The molecule has 0 radical (unpaired) electrons. The van der Waals surface area contributed by atoms with Crippen molar-refractivity contribution in [2.75, 3.05) is 19.7 Å². The highest BCUT2D eigenvalue weighted by molar-refractivity contribution is 4.89. The van der Waals surface area contributed by atoms with Crippen LogP contribution in [0.25, 0.3) is 0 Å². The molecule has 0 spiro atoms. The molecule has 1 fully saturated rings. The van der Waals surface area contributed by atoms with Crippen molar-refractivity contribution in [3.8, 4) is 0 Å². The molecular formula is C7H13N5O. The van der Waals surface area contributed by atoms with Gasteiger partial charge in [0.05, 0.1) is 18.8 Å². The molecule has 1 aromatic rings. The lowest BCUT2D eigenvalue weighted by Gasteiger charge is -2.39. The number of ether oxygens (including phenoxy) is 1. The average Bonchev–Trinajstić information content (AvgIpc) is 2.54. The van der Waals surface area contributed by atoms with E-state index in [-0.39, 0.29) is 5.60 Å². The quantitative estimate of drug-likeness (QED) is 0.652. The molecule has 2 heterocycles. The van der Waals surface area contributed by atoms with Crippen molar-refractivity contribution < 1.29 is 4.74 Å². The summed E-state index contributed by atoms with van der Waals surface area (Å²) in [4.78, 5) is 0. The molecule has 6 nitrogen and oxygen atoms in total. The zero-order valence-electron chi connectivity index (χ0n) is 7.60. The van der Waals surface area contributed by atoms with Gasteiger partial charge < -0.3 is 10.1 Å². The molecule has 0 atom stereocenters. The van der Waals surface area contributed by atoms with Gasteiger partial charge in [0.2, 0.25) is 0 Å². The van der Waals surface area contributed by atoms with Crippen LogP contribution in [-0.2, 0) is 11.3 Å². The Morgan fingerprint density at radius 3 is 3.00 bits per heavy atom. The van der Waals surface area contributed by atoms with E-state index in [4.69, 9.17) is 4.74 Å². The van der Waals surface area contributed by atoms with E-state index in [2.05, 4.69) is 27.8 Å². The number of nitrogens with zero attached hydrogens (tertiary/aromatic N) is 4. The van der Waals surface area contributed by atoms with Crippen molar-refractivity contribution in [3.63, 3.8) is 0 Å². The first-order chi connectivity index (χ1) is 6.29. The molecular weight excluding hydrogens is 170 g/mol. The van der Waals surface area contributed by atoms with Gasteiger partial charge in [0, 0.05) is 13.1 Å². The van der Waals surface area contributed by atoms with Gasteiger partial charge in [-0.2, -0.15) is 0 Å². The molecule has 0 bridgehead atoms. The molecule has 0 unspecified atom stereocenters. The standard InChI is InChI=1S/C7H13N5O/c1-7(4-8-5-7)13-3-2-12-6-9-10-11-12/h6,8H,2-5H2,1H3. The molecule has 0 aliphatic carbocycles. The molecule has 1 aromatic heterocycles. The van der Waals surface area contributed by atoms with Crippen molar-refractivity contribution in [1.29, 1.82) is 0 Å². The van der Waals surface area contributed by atoms with Crippen LogP contribution >= 0.6 is 0 Å². The second kappa shape index (κ2) is 3.39. The topological polar surface area (TPSA) is 64.9 Å². The van der Waals surface area contributed by atoms with E-state index in [0.717, 1.165) is 13.1 Å². The summed E-state index contributed by atoms with van der Waals surface area (Å²) in [5, 5.41) is 14.0. The molecule has 2 rings (SSSR count). The second-order valence-electron chi connectivity index (χ2n) is 3.47. The van der Waals surface area contributed by atoms with Crippen molar-refractivity contribution >= 4 is 0 Å². The Morgan fingerprint density at radius 1 is 1.62 bits per heavy atom. The molecule has 1 N–H and O–H groups in total. The van der Waals surface area contributed by atoms with E-state index in [1.54, 1.807) is 11.0 Å². The van der Waals surface area contributed by atoms with Crippen molar-refractivity contribution in [1.82, 2.24) is 25.5 Å². The summed E-state index contributed by atoms with van der Waals surface area (Å²) < 4.78 is 7.32. The lowest BCUT2D eigenvalue weighted by atomic mass is 10.0. The van der Waals surface area contributed by atoms with Crippen molar-refractivity contribution in [2.45, 2.75) is 19.1 Å². The number of hydrogen-bond acceptors (Lipinski definition) is 5. The van der Waals surface area contributed by atoms with Crippen molar-refractivity contribution in [2.24, 2.45) is 0 Å². The molecule has 0 aromatic carbocycles. The lowest BCUT2D eigenvalue weighted by Crippen LogP contribution is -2.59. The largest absolute Gasteiger partial charge is 0.371 e. The number of aromatic nitrogens is 4. The molecule has 6 heteroatoms. The van der Waals surface area contributed by atoms with Crippen LogP contribution in [0.3, 0.4) is 0 Å². The summed E-state index contributed by atoms with van der Waals surface area (Å²) in [6, 6.07) is 0. The normalized spacial score (nSPS) is 19.8. The maximum absolute atomic E-state index is 5.66. The summed E-state index contributed by atoms with van der Waals surface area (Å²) in [5.74, 6) is 0. The Labute approximate surface area is 76.3 Å². The third kappa shape index (κ3) is 2.02. The Balaban J connectivity index is 1.69. The third-order valence-electron chi connectivity index (χ3n) is 2.16. The highest BCUT2D eigenvalue weighted by Crippen LogP contribution is 2.14. The van der Waals surface area contributed by atoms with Gasteiger partial charge in [-0.1, -0.05) is 0 Å². The van der Waals surface area contributed by atoms with Gasteiger partial charge in [0.1, 0.15) is 6.33 Å². The van der Waals surface area contributed by atoms with Crippen LogP contribution in [0.5, 0.6) is 0 Å². The van der Waals surface area contributed by atoms with Crippen LogP contribution in [0, 0.1) is 0 Å².